The average Bonchev–Trinajstić information content (AvgIpc) is 2.63. The zero-order chi connectivity index (χ0) is 13.7. The standard InChI is InChI=1S/C16H23Cl2N/c17-15-8-5-9-16(18)14(15)11-13(19)10-12-6-3-1-2-4-7-12/h5,8-9,12-13H,1-4,6-7,10-11,19H2. The van der Waals surface area contributed by atoms with Crippen LogP contribution < -0.4 is 5.73 Å². The monoisotopic (exact) mass is 299 g/mol. The molecule has 1 atom stereocenters. The minimum atomic E-state index is 0.167. The van der Waals surface area contributed by atoms with Crippen LogP contribution in [0.4, 0.5) is 0 Å². The Morgan fingerprint density at radius 3 is 2.21 bits per heavy atom. The molecule has 2 N–H and O–H groups in total. The van der Waals surface area contributed by atoms with Gasteiger partial charge in [0.2, 0.25) is 0 Å². The van der Waals surface area contributed by atoms with Crippen molar-refractivity contribution in [1.82, 2.24) is 0 Å². The second-order valence-electron chi connectivity index (χ2n) is 5.76. The van der Waals surface area contributed by atoms with Gasteiger partial charge in [-0.1, -0.05) is 67.8 Å². The van der Waals surface area contributed by atoms with E-state index in [4.69, 9.17) is 28.9 Å². The van der Waals surface area contributed by atoms with Gasteiger partial charge in [-0.2, -0.15) is 0 Å². The molecular weight excluding hydrogens is 277 g/mol. The summed E-state index contributed by atoms with van der Waals surface area (Å²) in [5.41, 5.74) is 7.31. The van der Waals surface area contributed by atoms with E-state index in [1.807, 2.05) is 18.2 Å². The number of benzene rings is 1. The summed E-state index contributed by atoms with van der Waals surface area (Å²) in [7, 11) is 0. The van der Waals surface area contributed by atoms with Gasteiger partial charge in [0.15, 0.2) is 0 Å². The Labute approximate surface area is 126 Å². The van der Waals surface area contributed by atoms with Gasteiger partial charge in [-0.3, -0.25) is 0 Å². The predicted molar refractivity (Wildman–Crippen MR) is 84.0 cm³/mol. The molecule has 0 bridgehead atoms. The molecule has 0 aliphatic heterocycles. The fourth-order valence-corrected chi connectivity index (χ4v) is 3.65. The van der Waals surface area contributed by atoms with E-state index in [0.29, 0.717) is 0 Å². The highest BCUT2D eigenvalue weighted by molar-refractivity contribution is 6.35. The summed E-state index contributed by atoms with van der Waals surface area (Å²) in [5.74, 6) is 0.791. The summed E-state index contributed by atoms with van der Waals surface area (Å²) >= 11 is 12.4. The highest BCUT2D eigenvalue weighted by Gasteiger charge is 2.17. The molecule has 0 saturated heterocycles. The largest absolute Gasteiger partial charge is 0.327 e. The molecule has 1 nitrogen and oxygen atoms in total. The fraction of sp³-hybridized carbons (Fsp3) is 0.625. The highest BCUT2D eigenvalue weighted by atomic mass is 35.5. The van der Waals surface area contributed by atoms with Gasteiger partial charge in [-0.15, -0.1) is 0 Å². The van der Waals surface area contributed by atoms with Crippen LogP contribution in [0.2, 0.25) is 10.0 Å². The molecule has 0 spiro atoms. The average molecular weight is 300 g/mol. The summed E-state index contributed by atoms with van der Waals surface area (Å²) in [5, 5.41) is 1.48. The Balaban J connectivity index is 1.91. The lowest BCUT2D eigenvalue weighted by atomic mass is 9.90. The predicted octanol–water partition coefficient (Wildman–Crippen LogP) is 5.22. The van der Waals surface area contributed by atoms with Gasteiger partial charge in [-0.25, -0.2) is 0 Å². The van der Waals surface area contributed by atoms with E-state index in [2.05, 4.69) is 0 Å². The quantitative estimate of drug-likeness (QED) is 0.758. The molecule has 1 aliphatic rings. The smallest absolute Gasteiger partial charge is 0.0453 e. The van der Waals surface area contributed by atoms with Crippen LogP contribution in [-0.2, 0) is 6.42 Å². The molecule has 19 heavy (non-hydrogen) atoms. The van der Waals surface area contributed by atoms with E-state index in [1.54, 1.807) is 0 Å². The maximum Gasteiger partial charge on any atom is 0.0453 e. The van der Waals surface area contributed by atoms with Crippen molar-refractivity contribution in [2.75, 3.05) is 0 Å². The van der Waals surface area contributed by atoms with Gasteiger partial charge in [-0.05, 0) is 36.5 Å². The number of rotatable bonds is 4. The van der Waals surface area contributed by atoms with Crippen molar-refractivity contribution < 1.29 is 0 Å². The van der Waals surface area contributed by atoms with Crippen molar-refractivity contribution >= 4 is 23.2 Å². The zero-order valence-corrected chi connectivity index (χ0v) is 12.9. The molecule has 0 radical (unpaired) electrons. The molecular formula is C16H23Cl2N. The van der Waals surface area contributed by atoms with Gasteiger partial charge in [0, 0.05) is 16.1 Å². The van der Waals surface area contributed by atoms with Crippen molar-refractivity contribution in [2.24, 2.45) is 11.7 Å². The topological polar surface area (TPSA) is 26.0 Å². The Kier molecular flexibility index (Phi) is 6.00. The molecule has 1 saturated carbocycles. The number of halogens is 2. The minimum absolute atomic E-state index is 0.167. The lowest BCUT2D eigenvalue weighted by Crippen LogP contribution is -2.26. The van der Waals surface area contributed by atoms with Gasteiger partial charge in [0.25, 0.3) is 0 Å². The molecule has 3 heteroatoms. The van der Waals surface area contributed by atoms with Gasteiger partial charge < -0.3 is 5.73 Å². The Morgan fingerprint density at radius 2 is 1.63 bits per heavy atom. The Hall–Kier alpha value is -0.240. The van der Waals surface area contributed by atoms with Crippen molar-refractivity contribution in [3.8, 4) is 0 Å². The molecule has 1 aliphatic carbocycles. The number of hydrogen-bond acceptors (Lipinski definition) is 1. The molecule has 1 aromatic rings. The first kappa shape index (κ1) is 15.2. The van der Waals surface area contributed by atoms with E-state index in [-0.39, 0.29) is 6.04 Å². The van der Waals surface area contributed by atoms with Crippen LogP contribution in [0.15, 0.2) is 18.2 Å². The first-order valence-corrected chi connectivity index (χ1v) is 8.11. The van der Waals surface area contributed by atoms with Gasteiger partial charge >= 0.3 is 0 Å². The second kappa shape index (κ2) is 7.52. The maximum atomic E-state index is 6.31. The third-order valence-electron chi connectivity index (χ3n) is 4.14. The van der Waals surface area contributed by atoms with Crippen LogP contribution in [0.1, 0.15) is 50.5 Å². The lowest BCUT2D eigenvalue weighted by molar-refractivity contribution is 0.387. The number of nitrogens with two attached hydrogens (primary N) is 1. The maximum absolute atomic E-state index is 6.31. The van der Waals surface area contributed by atoms with Crippen LogP contribution in [0, 0.1) is 5.92 Å². The summed E-state index contributed by atoms with van der Waals surface area (Å²) < 4.78 is 0. The molecule has 0 aromatic heterocycles. The summed E-state index contributed by atoms with van der Waals surface area (Å²) in [6.07, 6.45) is 10.1. The summed E-state index contributed by atoms with van der Waals surface area (Å²) in [6.45, 7) is 0. The van der Waals surface area contributed by atoms with E-state index in [1.165, 1.54) is 38.5 Å². The molecule has 0 amide bonds. The normalized spacial score (nSPS) is 19.1. The van der Waals surface area contributed by atoms with Crippen LogP contribution in [-0.4, -0.2) is 6.04 Å². The number of hydrogen-bond donors (Lipinski definition) is 1. The molecule has 1 aromatic carbocycles. The molecule has 0 heterocycles. The van der Waals surface area contributed by atoms with E-state index < -0.39 is 0 Å². The molecule has 106 valence electrons. The van der Waals surface area contributed by atoms with E-state index in [9.17, 15) is 0 Å². The van der Waals surface area contributed by atoms with Crippen molar-refractivity contribution in [2.45, 2.75) is 57.4 Å². The van der Waals surface area contributed by atoms with Crippen LogP contribution in [0.5, 0.6) is 0 Å². The zero-order valence-electron chi connectivity index (χ0n) is 11.4. The Morgan fingerprint density at radius 1 is 1.05 bits per heavy atom. The van der Waals surface area contributed by atoms with Crippen molar-refractivity contribution in [3.05, 3.63) is 33.8 Å². The highest BCUT2D eigenvalue weighted by Crippen LogP contribution is 2.29. The van der Waals surface area contributed by atoms with E-state index in [0.717, 1.165) is 34.4 Å². The van der Waals surface area contributed by atoms with E-state index >= 15 is 0 Å². The van der Waals surface area contributed by atoms with Crippen LogP contribution in [0.25, 0.3) is 0 Å². The molecule has 1 fully saturated rings. The fourth-order valence-electron chi connectivity index (χ4n) is 3.10. The SMILES string of the molecule is NC(Cc1c(Cl)cccc1Cl)CC1CCCCCC1. The van der Waals surface area contributed by atoms with Crippen LogP contribution >= 0.6 is 23.2 Å². The first-order valence-electron chi connectivity index (χ1n) is 7.35. The third kappa shape index (κ3) is 4.66. The third-order valence-corrected chi connectivity index (χ3v) is 4.85. The molecule has 1 unspecified atom stereocenters. The van der Waals surface area contributed by atoms with Gasteiger partial charge in [0.05, 0.1) is 0 Å². The van der Waals surface area contributed by atoms with Gasteiger partial charge in [0.1, 0.15) is 0 Å². The summed E-state index contributed by atoms with van der Waals surface area (Å²) in [6, 6.07) is 5.83. The minimum Gasteiger partial charge on any atom is -0.327 e. The second-order valence-corrected chi connectivity index (χ2v) is 6.57. The first-order chi connectivity index (χ1) is 9.16. The molecule has 2 rings (SSSR count). The Bertz CT molecular complexity index is 377. The lowest BCUT2D eigenvalue weighted by Gasteiger charge is -2.20. The van der Waals surface area contributed by atoms with Crippen LogP contribution in [0.3, 0.4) is 0 Å². The summed E-state index contributed by atoms with van der Waals surface area (Å²) in [4.78, 5) is 0. The van der Waals surface area contributed by atoms with Crippen molar-refractivity contribution in [3.63, 3.8) is 0 Å². The van der Waals surface area contributed by atoms with Crippen molar-refractivity contribution in [1.29, 1.82) is 0 Å².